The van der Waals surface area contributed by atoms with E-state index in [1.165, 1.54) is 6.42 Å². The number of aryl methyl sites for hydroxylation is 1. The lowest BCUT2D eigenvalue weighted by Crippen LogP contribution is -2.53. The van der Waals surface area contributed by atoms with Crippen LogP contribution in [0.3, 0.4) is 0 Å². The van der Waals surface area contributed by atoms with E-state index in [9.17, 15) is 9.59 Å². The van der Waals surface area contributed by atoms with Crippen molar-refractivity contribution in [3.63, 3.8) is 0 Å². The molecule has 0 bridgehead atoms. The first-order chi connectivity index (χ1) is 10.5. The van der Waals surface area contributed by atoms with Gasteiger partial charge in [0.25, 0.3) is 0 Å². The molecule has 3 amide bonds. The van der Waals surface area contributed by atoms with E-state index >= 15 is 0 Å². The van der Waals surface area contributed by atoms with Crippen molar-refractivity contribution in [2.45, 2.75) is 51.7 Å². The second kappa shape index (κ2) is 7.29. The lowest BCUT2D eigenvalue weighted by molar-refractivity contribution is -0.136. The Morgan fingerprint density at radius 2 is 2.23 bits per heavy atom. The van der Waals surface area contributed by atoms with Crippen molar-refractivity contribution in [2.24, 2.45) is 7.05 Å². The van der Waals surface area contributed by atoms with Crippen molar-refractivity contribution < 1.29 is 9.59 Å². The zero-order valence-electron chi connectivity index (χ0n) is 13.5. The Morgan fingerprint density at radius 1 is 1.45 bits per heavy atom. The number of hydrogen-bond acceptors (Lipinski definition) is 3. The summed E-state index contributed by atoms with van der Waals surface area (Å²) in [6, 6.07) is -0.604. The third kappa shape index (κ3) is 4.22. The number of piperidine rings is 1. The van der Waals surface area contributed by atoms with Crippen LogP contribution in [-0.4, -0.2) is 45.2 Å². The van der Waals surface area contributed by atoms with Crippen LogP contribution in [0.2, 0.25) is 0 Å². The first kappa shape index (κ1) is 16.3. The van der Waals surface area contributed by atoms with Crippen LogP contribution in [-0.2, 0) is 18.4 Å². The zero-order valence-corrected chi connectivity index (χ0v) is 13.5. The summed E-state index contributed by atoms with van der Waals surface area (Å²) in [4.78, 5) is 26.1. The van der Waals surface area contributed by atoms with Crippen LogP contribution >= 0.6 is 0 Å². The van der Waals surface area contributed by atoms with E-state index in [1.807, 2.05) is 18.1 Å². The standard InChI is InChI=1S/C15H25N5O2/c1-11-6-4-5-7-20(11)14(21)12(2)18-15(22)16-8-13-9-17-19(3)10-13/h9-12H,4-8H2,1-3H3,(H2,16,18,22). The zero-order chi connectivity index (χ0) is 16.1. The SMILES string of the molecule is CC(NC(=O)NCc1cnn(C)c1)C(=O)N1CCCCC1C. The summed E-state index contributed by atoms with van der Waals surface area (Å²) in [6.07, 6.45) is 6.77. The van der Waals surface area contributed by atoms with Gasteiger partial charge in [-0.05, 0) is 33.1 Å². The van der Waals surface area contributed by atoms with Gasteiger partial charge in [-0.15, -0.1) is 0 Å². The molecule has 2 rings (SSSR count). The summed E-state index contributed by atoms with van der Waals surface area (Å²) in [6.45, 7) is 4.96. The number of urea groups is 1. The Morgan fingerprint density at radius 3 is 2.86 bits per heavy atom. The van der Waals surface area contributed by atoms with Gasteiger partial charge in [0.2, 0.25) is 5.91 Å². The summed E-state index contributed by atoms with van der Waals surface area (Å²) in [5.74, 6) is -0.0104. The van der Waals surface area contributed by atoms with Crippen molar-refractivity contribution in [2.75, 3.05) is 6.54 Å². The fourth-order valence-electron chi connectivity index (χ4n) is 2.73. The van der Waals surface area contributed by atoms with Gasteiger partial charge in [0.1, 0.15) is 6.04 Å². The fraction of sp³-hybridized carbons (Fsp3) is 0.667. The lowest BCUT2D eigenvalue weighted by atomic mass is 10.0. The third-order valence-corrected chi connectivity index (χ3v) is 4.02. The monoisotopic (exact) mass is 307 g/mol. The first-order valence-corrected chi connectivity index (χ1v) is 7.79. The number of amides is 3. The van der Waals surface area contributed by atoms with Crippen LogP contribution < -0.4 is 10.6 Å². The molecular weight excluding hydrogens is 282 g/mol. The Kier molecular flexibility index (Phi) is 5.41. The summed E-state index contributed by atoms with van der Waals surface area (Å²) >= 11 is 0. The molecule has 2 atom stereocenters. The molecule has 0 aromatic carbocycles. The molecule has 0 spiro atoms. The highest BCUT2D eigenvalue weighted by Gasteiger charge is 2.27. The topological polar surface area (TPSA) is 79.3 Å². The molecule has 122 valence electrons. The molecule has 22 heavy (non-hydrogen) atoms. The van der Waals surface area contributed by atoms with E-state index in [1.54, 1.807) is 17.8 Å². The molecule has 2 heterocycles. The van der Waals surface area contributed by atoms with Crippen molar-refractivity contribution in [1.29, 1.82) is 0 Å². The molecule has 1 fully saturated rings. The minimum Gasteiger partial charge on any atom is -0.338 e. The van der Waals surface area contributed by atoms with Crippen LogP contribution in [0.25, 0.3) is 0 Å². The van der Waals surface area contributed by atoms with Gasteiger partial charge in [-0.3, -0.25) is 9.48 Å². The van der Waals surface area contributed by atoms with E-state index in [-0.39, 0.29) is 18.0 Å². The number of aromatic nitrogens is 2. The average molecular weight is 307 g/mol. The third-order valence-electron chi connectivity index (χ3n) is 4.02. The predicted octanol–water partition coefficient (Wildman–Crippen LogP) is 1.01. The van der Waals surface area contributed by atoms with Crippen molar-refractivity contribution in [3.8, 4) is 0 Å². The van der Waals surface area contributed by atoms with E-state index in [4.69, 9.17) is 0 Å². The number of nitrogens with one attached hydrogen (secondary N) is 2. The highest BCUT2D eigenvalue weighted by Crippen LogP contribution is 2.17. The van der Waals surface area contributed by atoms with Crippen LogP contribution in [0.1, 0.15) is 38.7 Å². The van der Waals surface area contributed by atoms with Crippen LogP contribution in [0.15, 0.2) is 12.4 Å². The minimum absolute atomic E-state index is 0.0104. The maximum Gasteiger partial charge on any atom is 0.315 e. The van der Waals surface area contributed by atoms with E-state index in [0.29, 0.717) is 6.54 Å². The molecule has 2 unspecified atom stereocenters. The number of hydrogen-bond donors (Lipinski definition) is 2. The second-order valence-corrected chi connectivity index (χ2v) is 5.95. The minimum atomic E-state index is -0.519. The number of rotatable bonds is 4. The Labute approximate surface area is 131 Å². The van der Waals surface area contributed by atoms with E-state index in [0.717, 1.165) is 24.9 Å². The van der Waals surface area contributed by atoms with Gasteiger partial charge < -0.3 is 15.5 Å². The number of likely N-dealkylation sites (tertiary alicyclic amines) is 1. The molecule has 0 aliphatic carbocycles. The van der Waals surface area contributed by atoms with Crippen molar-refractivity contribution >= 4 is 11.9 Å². The molecule has 1 aliphatic rings. The van der Waals surface area contributed by atoms with Crippen molar-refractivity contribution in [3.05, 3.63) is 18.0 Å². The smallest absolute Gasteiger partial charge is 0.315 e. The molecule has 1 aromatic heterocycles. The van der Waals surface area contributed by atoms with Gasteiger partial charge in [0.15, 0.2) is 0 Å². The second-order valence-electron chi connectivity index (χ2n) is 5.95. The predicted molar refractivity (Wildman–Crippen MR) is 83.1 cm³/mol. The summed E-state index contributed by atoms with van der Waals surface area (Å²) in [5.41, 5.74) is 0.918. The molecule has 1 saturated heterocycles. The van der Waals surface area contributed by atoms with E-state index < -0.39 is 6.04 Å². The summed E-state index contributed by atoms with van der Waals surface area (Å²) in [5, 5.41) is 9.48. The normalized spacial score (nSPS) is 19.6. The molecule has 1 aliphatic heterocycles. The highest BCUT2D eigenvalue weighted by atomic mass is 16.2. The Hall–Kier alpha value is -2.05. The van der Waals surface area contributed by atoms with Gasteiger partial charge in [0, 0.05) is 37.9 Å². The number of carbonyl (C=O) groups is 2. The molecular formula is C15H25N5O2. The average Bonchev–Trinajstić information content (AvgIpc) is 2.90. The maximum absolute atomic E-state index is 12.4. The number of carbonyl (C=O) groups excluding carboxylic acids is 2. The van der Waals surface area contributed by atoms with Crippen LogP contribution in [0.4, 0.5) is 4.79 Å². The van der Waals surface area contributed by atoms with Gasteiger partial charge >= 0.3 is 6.03 Å². The van der Waals surface area contributed by atoms with Gasteiger partial charge in [-0.1, -0.05) is 0 Å². The summed E-state index contributed by atoms with van der Waals surface area (Å²) in [7, 11) is 1.82. The maximum atomic E-state index is 12.4. The van der Waals surface area contributed by atoms with Gasteiger partial charge in [-0.2, -0.15) is 5.10 Å². The Balaban J connectivity index is 1.78. The summed E-state index contributed by atoms with van der Waals surface area (Å²) < 4.78 is 1.68. The lowest BCUT2D eigenvalue weighted by Gasteiger charge is -2.35. The Bertz CT molecular complexity index is 528. The largest absolute Gasteiger partial charge is 0.338 e. The molecule has 2 N–H and O–H groups in total. The van der Waals surface area contributed by atoms with E-state index in [2.05, 4.69) is 22.7 Å². The molecule has 7 nitrogen and oxygen atoms in total. The van der Waals surface area contributed by atoms with Gasteiger partial charge in [-0.25, -0.2) is 4.79 Å². The highest BCUT2D eigenvalue weighted by molar-refractivity contribution is 5.86. The quantitative estimate of drug-likeness (QED) is 0.871. The molecule has 0 saturated carbocycles. The fourth-order valence-corrected chi connectivity index (χ4v) is 2.73. The first-order valence-electron chi connectivity index (χ1n) is 7.79. The number of nitrogens with zero attached hydrogens (tertiary/aromatic N) is 3. The molecule has 7 heteroatoms. The molecule has 1 aromatic rings. The molecule has 0 radical (unpaired) electrons. The van der Waals surface area contributed by atoms with Crippen LogP contribution in [0, 0.1) is 0 Å². The van der Waals surface area contributed by atoms with Gasteiger partial charge in [0.05, 0.1) is 6.20 Å². The van der Waals surface area contributed by atoms with Crippen molar-refractivity contribution in [1.82, 2.24) is 25.3 Å². The van der Waals surface area contributed by atoms with Crippen LogP contribution in [0.5, 0.6) is 0 Å².